The fraction of sp³-hybridized carbons (Fsp3) is 0.273. The smallest absolute Gasteiger partial charge is 0.257 e. The highest BCUT2D eigenvalue weighted by atomic mass is 16.1. The molecule has 1 aliphatic heterocycles. The molecule has 10 nitrogen and oxygen atoms in total. The molecule has 4 aromatic rings. The molecule has 0 atom stereocenters. The van der Waals surface area contributed by atoms with E-state index >= 15 is 0 Å². The number of rotatable bonds is 5. The third-order valence-corrected chi connectivity index (χ3v) is 6.27. The molecule has 0 aromatic carbocycles. The van der Waals surface area contributed by atoms with Gasteiger partial charge in [0.05, 0.1) is 17.9 Å². The third-order valence-electron chi connectivity index (χ3n) is 6.27. The van der Waals surface area contributed by atoms with Crippen LogP contribution in [0.3, 0.4) is 0 Å². The highest BCUT2D eigenvalue weighted by molar-refractivity contribution is 6.59. The van der Waals surface area contributed by atoms with Gasteiger partial charge >= 0.3 is 0 Å². The molecular formula is C22H26B3N9O. The lowest BCUT2D eigenvalue weighted by Gasteiger charge is -2.43. The van der Waals surface area contributed by atoms with Crippen LogP contribution in [-0.2, 0) is 7.05 Å². The van der Waals surface area contributed by atoms with Gasteiger partial charge in [-0.3, -0.25) is 14.5 Å². The molecule has 0 saturated carbocycles. The minimum absolute atomic E-state index is 0.152. The van der Waals surface area contributed by atoms with Crippen molar-refractivity contribution in [2.24, 2.45) is 7.05 Å². The monoisotopic (exact) mass is 465 g/mol. The van der Waals surface area contributed by atoms with Gasteiger partial charge in [0.1, 0.15) is 40.9 Å². The maximum Gasteiger partial charge on any atom is 0.257 e. The predicted molar refractivity (Wildman–Crippen MR) is 144 cm³/mol. The Balaban J connectivity index is 1.31. The highest BCUT2D eigenvalue weighted by Gasteiger charge is 2.26. The van der Waals surface area contributed by atoms with Gasteiger partial charge in [-0.2, -0.15) is 0 Å². The Morgan fingerprint density at radius 2 is 1.83 bits per heavy atom. The molecule has 1 amide bonds. The number of aryl methyl sites for hydroxylation is 1. The summed E-state index contributed by atoms with van der Waals surface area (Å²) in [6.07, 6.45) is 6.91. The lowest BCUT2D eigenvalue weighted by molar-refractivity contribution is 0.102. The average molecular weight is 465 g/mol. The lowest BCUT2D eigenvalue weighted by Crippen LogP contribution is -2.58. The summed E-state index contributed by atoms with van der Waals surface area (Å²) >= 11 is 0. The number of fused-ring (bicyclic) bond motifs is 1. The predicted octanol–water partition coefficient (Wildman–Crippen LogP) is -1.29. The number of carbonyl (C=O) groups excluding carboxylic acids is 1. The van der Waals surface area contributed by atoms with E-state index in [1.165, 1.54) is 0 Å². The van der Waals surface area contributed by atoms with Crippen LogP contribution >= 0.6 is 0 Å². The van der Waals surface area contributed by atoms with Gasteiger partial charge in [-0.15, -0.1) is 5.10 Å². The molecule has 0 aliphatic carbocycles. The van der Waals surface area contributed by atoms with E-state index < -0.39 is 0 Å². The second-order valence-corrected chi connectivity index (χ2v) is 9.77. The Labute approximate surface area is 206 Å². The van der Waals surface area contributed by atoms with Crippen LogP contribution in [0, 0.1) is 0 Å². The molecule has 0 bridgehead atoms. The van der Waals surface area contributed by atoms with Crippen LogP contribution in [0.2, 0.25) is 0 Å². The zero-order valence-electron chi connectivity index (χ0n) is 20.4. The van der Waals surface area contributed by atoms with E-state index in [9.17, 15) is 4.79 Å². The molecule has 1 aliphatic rings. The van der Waals surface area contributed by atoms with Crippen LogP contribution in [0.5, 0.6) is 0 Å². The molecule has 1 saturated heterocycles. The maximum absolute atomic E-state index is 13.0. The van der Waals surface area contributed by atoms with E-state index in [0.717, 1.165) is 54.2 Å². The van der Waals surface area contributed by atoms with Gasteiger partial charge in [-0.25, -0.2) is 9.97 Å². The molecule has 5 rings (SSSR count). The number of pyridine rings is 3. The minimum Gasteiger partial charge on any atom is -0.354 e. The van der Waals surface area contributed by atoms with Crippen molar-refractivity contribution in [2.45, 2.75) is 5.24 Å². The Morgan fingerprint density at radius 3 is 2.54 bits per heavy atom. The molecule has 13 heteroatoms. The molecule has 0 spiro atoms. The van der Waals surface area contributed by atoms with Crippen molar-refractivity contribution < 1.29 is 4.79 Å². The fourth-order valence-electron chi connectivity index (χ4n) is 4.25. The molecular weight excluding hydrogens is 439 g/mol. The standard InChI is InChI=1S/C22H26B3N9O/c1-32-13-18(30-31-32)16-8-15-9-19(28-12-17(15)27-11-16)29-21(35)14-2-3-26-20(10-14)33-4-6-34(7-5-33)22(23,24)25/h2-3,8-13H,4-7,23-25H2,1H3,(H,28,29,35). The van der Waals surface area contributed by atoms with Crippen molar-refractivity contribution >= 4 is 52.0 Å². The number of hydrogen-bond donors (Lipinski definition) is 1. The third kappa shape index (κ3) is 5.04. The quantitative estimate of drug-likeness (QED) is 0.364. The maximum atomic E-state index is 13.0. The molecule has 174 valence electrons. The van der Waals surface area contributed by atoms with E-state index in [-0.39, 0.29) is 11.1 Å². The number of nitrogens with zero attached hydrogens (tertiary/aromatic N) is 8. The van der Waals surface area contributed by atoms with E-state index in [4.69, 9.17) is 0 Å². The number of anilines is 2. The number of aromatic nitrogens is 6. The average Bonchev–Trinajstić information content (AvgIpc) is 3.29. The van der Waals surface area contributed by atoms with Crippen LogP contribution < -0.4 is 10.2 Å². The van der Waals surface area contributed by atoms with Crippen LogP contribution in [0.4, 0.5) is 11.6 Å². The van der Waals surface area contributed by atoms with Crippen LogP contribution in [0.1, 0.15) is 10.4 Å². The van der Waals surface area contributed by atoms with Crippen molar-refractivity contribution in [3.05, 3.63) is 54.6 Å². The fourth-order valence-corrected chi connectivity index (χ4v) is 4.25. The van der Waals surface area contributed by atoms with Crippen molar-refractivity contribution in [3.8, 4) is 11.3 Å². The van der Waals surface area contributed by atoms with Gasteiger partial charge in [0.2, 0.25) is 0 Å². The summed E-state index contributed by atoms with van der Waals surface area (Å²) in [4.78, 5) is 31.1. The molecule has 1 N–H and O–H groups in total. The Hall–Kier alpha value is -3.73. The first-order valence-electron chi connectivity index (χ1n) is 11.7. The summed E-state index contributed by atoms with van der Waals surface area (Å²) in [5.41, 5.74) is 2.86. The first-order chi connectivity index (χ1) is 16.8. The molecule has 0 radical (unpaired) electrons. The van der Waals surface area contributed by atoms with E-state index in [1.807, 2.05) is 31.4 Å². The minimum atomic E-state index is -0.230. The largest absolute Gasteiger partial charge is 0.354 e. The van der Waals surface area contributed by atoms with Gasteiger partial charge < -0.3 is 15.1 Å². The SMILES string of the molecule is BC(B)(B)N1CCN(c2cc(C(=O)Nc3cc4cc(-c5cn(C)nn5)cnc4cn3)ccn2)CC1. The van der Waals surface area contributed by atoms with E-state index in [1.54, 1.807) is 29.3 Å². The van der Waals surface area contributed by atoms with Crippen molar-refractivity contribution in [1.29, 1.82) is 0 Å². The first kappa shape index (κ1) is 23.0. The normalized spacial score (nSPS) is 14.8. The van der Waals surface area contributed by atoms with Gasteiger partial charge in [-0.05, 0) is 24.3 Å². The summed E-state index contributed by atoms with van der Waals surface area (Å²) in [6, 6.07) is 7.34. The van der Waals surface area contributed by atoms with Gasteiger partial charge in [0.25, 0.3) is 5.91 Å². The van der Waals surface area contributed by atoms with Crippen LogP contribution in [0.15, 0.2) is 49.1 Å². The second-order valence-electron chi connectivity index (χ2n) is 9.77. The summed E-state index contributed by atoms with van der Waals surface area (Å²) in [6.45, 7) is 3.69. The lowest BCUT2D eigenvalue weighted by atomic mass is 9.48. The summed E-state index contributed by atoms with van der Waals surface area (Å²) < 4.78 is 1.64. The number of hydrogen-bond acceptors (Lipinski definition) is 8. The molecule has 0 unspecified atom stereocenters. The number of nitrogens with one attached hydrogen (secondary N) is 1. The Bertz CT molecular complexity index is 1380. The zero-order chi connectivity index (χ0) is 24.6. The van der Waals surface area contributed by atoms with E-state index in [2.05, 4.69) is 63.9 Å². The van der Waals surface area contributed by atoms with Crippen LogP contribution in [-0.4, -0.2) is 95.7 Å². The number of amides is 1. The molecule has 5 heterocycles. The highest BCUT2D eigenvalue weighted by Crippen LogP contribution is 2.23. The van der Waals surface area contributed by atoms with Gasteiger partial charge in [0, 0.05) is 62.1 Å². The van der Waals surface area contributed by atoms with Crippen molar-refractivity contribution in [1.82, 2.24) is 34.8 Å². The van der Waals surface area contributed by atoms with Gasteiger partial charge in [-0.1, -0.05) is 10.5 Å². The molecule has 35 heavy (non-hydrogen) atoms. The second kappa shape index (κ2) is 9.14. The Kier molecular flexibility index (Phi) is 6.02. The summed E-state index contributed by atoms with van der Waals surface area (Å²) in [7, 11) is 8.52. The van der Waals surface area contributed by atoms with Crippen molar-refractivity contribution in [3.63, 3.8) is 0 Å². The summed E-state index contributed by atoms with van der Waals surface area (Å²) in [5, 5.41) is 12.0. The number of piperazine rings is 1. The zero-order valence-corrected chi connectivity index (χ0v) is 20.4. The molecule has 4 aromatic heterocycles. The van der Waals surface area contributed by atoms with Crippen molar-refractivity contribution in [2.75, 3.05) is 36.4 Å². The van der Waals surface area contributed by atoms with Gasteiger partial charge in [0.15, 0.2) is 0 Å². The number of carbonyl (C=O) groups is 1. The summed E-state index contributed by atoms with van der Waals surface area (Å²) in [5.74, 6) is 1.04. The Morgan fingerprint density at radius 1 is 1.03 bits per heavy atom. The first-order valence-corrected chi connectivity index (χ1v) is 11.7. The molecule has 1 fully saturated rings. The van der Waals surface area contributed by atoms with Crippen LogP contribution in [0.25, 0.3) is 22.2 Å². The van der Waals surface area contributed by atoms with E-state index in [0.29, 0.717) is 11.4 Å². The topological polar surface area (TPSA) is 105 Å².